The van der Waals surface area contributed by atoms with Crippen LogP contribution in [0.25, 0.3) is 0 Å². The third-order valence-electron chi connectivity index (χ3n) is 6.03. The van der Waals surface area contributed by atoms with Gasteiger partial charge in [-0.05, 0) is 55.9 Å². The predicted octanol–water partition coefficient (Wildman–Crippen LogP) is 3.00. The van der Waals surface area contributed by atoms with Crippen molar-refractivity contribution in [3.8, 4) is 5.75 Å². The molecule has 0 saturated carbocycles. The number of amides is 2. The van der Waals surface area contributed by atoms with Gasteiger partial charge in [-0.25, -0.2) is 0 Å². The molecule has 31 heavy (non-hydrogen) atoms. The highest BCUT2D eigenvalue weighted by Gasteiger charge is 2.35. The maximum absolute atomic E-state index is 12.5. The lowest BCUT2D eigenvalue weighted by Crippen LogP contribution is -2.49. The van der Waals surface area contributed by atoms with E-state index in [1.807, 2.05) is 49.4 Å². The largest absolute Gasteiger partial charge is 0.497 e. The third-order valence-corrected chi connectivity index (χ3v) is 6.03. The van der Waals surface area contributed by atoms with E-state index >= 15 is 0 Å². The number of aryl methyl sites for hydroxylation is 1. The first-order chi connectivity index (χ1) is 15.0. The molecule has 1 aliphatic rings. The van der Waals surface area contributed by atoms with Crippen LogP contribution in [0.2, 0.25) is 0 Å². The summed E-state index contributed by atoms with van der Waals surface area (Å²) in [6, 6.07) is 17.9. The molecule has 1 fully saturated rings. The van der Waals surface area contributed by atoms with Crippen LogP contribution in [0.15, 0.2) is 54.6 Å². The molecular weight excluding hydrogens is 392 g/mol. The van der Waals surface area contributed by atoms with Crippen molar-refractivity contribution in [1.29, 1.82) is 0 Å². The molecule has 0 spiro atoms. The molecule has 2 aromatic carbocycles. The van der Waals surface area contributed by atoms with Crippen LogP contribution in [0.3, 0.4) is 0 Å². The Kier molecular flexibility index (Phi) is 8.06. The standard InChI is InChI=1S/C25H32N2O4/c1-19(8-9-20-6-4-3-5-7-20)27-24(29)23(28)26-18-25(14-16-31-17-15-25)21-10-12-22(30-2)13-11-21/h3-7,10-13,19H,8-9,14-18H2,1-2H3,(H,26,28)(H,27,29)/t19-/m1/s1. The lowest BCUT2D eigenvalue weighted by atomic mass is 9.74. The minimum Gasteiger partial charge on any atom is -0.497 e. The second kappa shape index (κ2) is 11.0. The van der Waals surface area contributed by atoms with Crippen LogP contribution in [0, 0.1) is 0 Å². The summed E-state index contributed by atoms with van der Waals surface area (Å²) in [7, 11) is 1.64. The number of methoxy groups -OCH3 is 1. The first-order valence-corrected chi connectivity index (χ1v) is 10.9. The van der Waals surface area contributed by atoms with E-state index in [1.54, 1.807) is 7.11 Å². The Hall–Kier alpha value is -2.86. The fraction of sp³-hybridized carbons (Fsp3) is 0.440. The SMILES string of the molecule is COc1ccc(C2(CNC(=O)C(=O)N[C@H](C)CCc3ccccc3)CCOCC2)cc1. The average Bonchev–Trinajstić information content (AvgIpc) is 2.82. The fourth-order valence-corrected chi connectivity index (χ4v) is 3.99. The van der Waals surface area contributed by atoms with Gasteiger partial charge in [0.15, 0.2) is 0 Å². The van der Waals surface area contributed by atoms with Gasteiger partial charge >= 0.3 is 11.8 Å². The maximum Gasteiger partial charge on any atom is 0.309 e. The molecule has 0 bridgehead atoms. The van der Waals surface area contributed by atoms with Crippen LogP contribution >= 0.6 is 0 Å². The van der Waals surface area contributed by atoms with E-state index in [-0.39, 0.29) is 11.5 Å². The Morgan fingerprint density at radius 2 is 1.71 bits per heavy atom. The number of nitrogens with one attached hydrogen (secondary N) is 2. The first-order valence-electron chi connectivity index (χ1n) is 10.9. The molecule has 1 heterocycles. The van der Waals surface area contributed by atoms with Crippen molar-refractivity contribution < 1.29 is 19.1 Å². The number of benzene rings is 2. The monoisotopic (exact) mass is 424 g/mol. The van der Waals surface area contributed by atoms with Gasteiger partial charge in [0.1, 0.15) is 5.75 Å². The molecule has 2 N–H and O–H groups in total. The van der Waals surface area contributed by atoms with E-state index in [1.165, 1.54) is 5.56 Å². The van der Waals surface area contributed by atoms with Crippen LogP contribution in [0.1, 0.15) is 37.3 Å². The second-order valence-electron chi connectivity index (χ2n) is 8.20. The van der Waals surface area contributed by atoms with Crippen molar-refractivity contribution in [3.63, 3.8) is 0 Å². The number of carbonyl (C=O) groups excluding carboxylic acids is 2. The first kappa shape index (κ1) is 22.8. The van der Waals surface area contributed by atoms with Crippen molar-refractivity contribution in [1.82, 2.24) is 10.6 Å². The van der Waals surface area contributed by atoms with Crippen LogP contribution in [-0.2, 0) is 26.2 Å². The third kappa shape index (κ3) is 6.31. The van der Waals surface area contributed by atoms with Crippen molar-refractivity contribution in [2.45, 2.75) is 44.1 Å². The van der Waals surface area contributed by atoms with E-state index in [9.17, 15) is 9.59 Å². The zero-order valence-corrected chi connectivity index (χ0v) is 18.4. The highest BCUT2D eigenvalue weighted by molar-refractivity contribution is 6.35. The van der Waals surface area contributed by atoms with Gasteiger partial charge in [-0.15, -0.1) is 0 Å². The van der Waals surface area contributed by atoms with Crippen LogP contribution in [0.4, 0.5) is 0 Å². The maximum atomic E-state index is 12.5. The molecule has 3 rings (SSSR count). The molecule has 6 heteroatoms. The summed E-state index contributed by atoms with van der Waals surface area (Å²) in [4.78, 5) is 24.9. The Morgan fingerprint density at radius 1 is 1.03 bits per heavy atom. The smallest absolute Gasteiger partial charge is 0.309 e. The van der Waals surface area contributed by atoms with Crippen molar-refractivity contribution in [3.05, 3.63) is 65.7 Å². The summed E-state index contributed by atoms with van der Waals surface area (Å²) in [5.74, 6) is -0.387. The Labute approximate surface area is 184 Å². The van der Waals surface area contributed by atoms with Gasteiger partial charge in [0, 0.05) is 31.2 Å². The molecule has 2 aromatic rings. The van der Waals surface area contributed by atoms with Gasteiger partial charge in [-0.1, -0.05) is 42.5 Å². The molecule has 1 saturated heterocycles. The molecule has 1 aliphatic heterocycles. The summed E-state index contributed by atoms with van der Waals surface area (Å²) < 4.78 is 10.8. The van der Waals surface area contributed by atoms with E-state index < -0.39 is 11.8 Å². The lowest BCUT2D eigenvalue weighted by Gasteiger charge is -2.38. The molecule has 0 aromatic heterocycles. The number of rotatable bonds is 8. The number of hydrogen-bond donors (Lipinski definition) is 2. The topological polar surface area (TPSA) is 76.7 Å². The fourth-order valence-electron chi connectivity index (χ4n) is 3.99. The average molecular weight is 425 g/mol. The normalized spacial score (nSPS) is 16.2. The van der Waals surface area contributed by atoms with E-state index in [2.05, 4.69) is 22.8 Å². The molecule has 6 nitrogen and oxygen atoms in total. The van der Waals surface area contributed by atoms with Crippen LogP contribution in [0.5, 0.6) is 5.75 Å². The summed E-state index contributed by atoms with van der Waals surface area (Å²) in [6.07, 6.45) is 3.20. The molecule has 1 atom stereocenters. The van der Waals surface area contributed by atoms with E-state index in [0.717, 1.165) is 37.0 Å². The van der Waals surface area contributed by atoms with Gasteiger partial charge in [-0.2, -0.15) is 0 Å². The summed E-state index contributed by atoms with van der Waals surface area (Å²) >= 11 is 0. The van der Waals surface area contributed by atoms with E-state index in [4.69, 9.17) is 9.47 Å². The molecule has 166 valence electrons. The highest BCUT2D eigenvalue weighted by Crippen LogP contribution is 2.35. The van der Waals surface area contributed by atoms with E-state index in [0.29, 0.717) is 19.8 Å². The molecule has 0 aliphatic carbocycles. The van der Waals surface area contributed by atoms with Crippen molar-refractivity contribution in [2.75, 3.05) is 26.9 Å². The van der Waals surface area contributed by atoms with Gasteiger partial charge in [0.05, 0.1) is 7.11 Å². The Morgan fingerprint density at radius 3 is 2.35 bits per heavy atom. The zero-order valence-electron chi connectivity index (χ0n) is 18.4. The Bertz CT molecular complexity index is 846. The zero-order chi connectivity index (χ0) is 22.1. The van der Waals surface area contributed by atoms with Crippen molar-refractivity contribution in [2.24, 2.45) is 0 Å². The van der Waals surface area contributed by atoms with Crippen LogP contribution in [-0.4, -0.2) is 44.7 Å². The summed E-state index contributed by atoms with van der Waals surface area (Å²) in [5, 5.41) is 5.67. The summed E-state index contributed by atoms with van der Waals surface area (Å²) in [6.45, 7) is 3.58. The molecule has 0 radical (unpaired) electrons. The number of hydrogen-bond acceptors (Lipinski definition) is 4. The number of carbonyl (C=O) groups is 2. The second-order valence-corrected chi connectivity index (χ2v) is 8.20. The minimum absolute atomic E-state index is 0.0860. The molecule has 0 unspecified atom stereocenters. The molecular formula is C25H32N2O4. The van der Waals surface area contributed by atoms with Gasteiger partial charge < -0.3 is 20.1 Å². The van der Waals surface area contributed by atoms with Crippen LogP contribution < -0.4 is 15.4 Å². The van der Waals surface area contributed by atoms with Gasteiger partial charge in [-0.3, -0.25) is 9.59 Å². The lowest BCUT2D eigenvalue weighted by molar-refractivity contribution is -0.139. The Balaban J connectivity index is 1.54. The predicted molar refractivity (Wildman–Crippen MR) is 120 cm³/mol. The summed E-state index contributed by atoms with van der Waals surface area (Å²) in [5.41, 5.74) is 2.09. The van der Waals surface area contributed by atoms with Gasteiger partial charge in [0.2, 0.25) is 0 Å². The number of ether oxygens (including phenoxy) is 2. The molecule has 2 amide bonds. The van der Waals surface area contributed by atoms with Crippen molar-refractivity contribution >= 4 is 11.8 Å². The highest BCUT2D eigenvalue weighted by atomic mass is 16.5. The quantitative estimate of drug-likeness (QED) is 0.639. The van der Waals surface area contributed by atoms with Gasteiger partial charge in [0.25, 0.3) is 0 Å². The minimum atomic E-state index is -0.592.